The van der Waals surface area contributed by atoms with E-state index in [1.807, 2.05) is 6.92 Å². The number of aliphatic carboxylic acids is 1. The average molecular weight is 368 g/mol. The van der Waals surface area contributed by atoms with Gasteiger partial charge in [0.05, 0.1) is 6.10 Å². The lowest BCUT2D eigenvalue weighted by Gasteiger charge is -2.58. The summed E-state index contributed by atoms with van der Waals surface area (Å²) < 4.78 is 5.56. The molecular formula is C17H24N2O5S. The Labute approximate surface area is 150 Å². The minimum Gasteiger partial charge on any atom is -0.479 e. The number of thiophene rings is 1. The smallest absolute Gasteiger partial charge is 0.330 e. The molecule has 0 spiro atoms. The number of hydrogen-bond donors (Lipinski definition) is 3. The average Bonchev–Trinajstić information content (AvgIpc) is 3.07. The molecule has 7 nitrogen and oxygen atoms in total. The molecule has 8 heteroatoms. The minimum absolute atomic E-state index is 0.0142. The summed E-state index contributed by atoms with van der Waals surface area (Å²) in [5.41, 5.74) is -1.52. The molecule has 0 saturated heterocycles. The maximum Gasteiger partial charge on any atom is 0.330 e. The van der Waals surface area contributed by atoms with Gasteiger partial charge in [-0.2, -0.15) is 11.3 Å². The molecule has 1 fully saturated rings. The van der Waals surface area contributed by atoms with Crippen molar-refractivity contribution < 1.29 is 24.2 Å². The molecule has 2 amide bonds. The van der Waals surface area contributed by atoms with E-state index in [-0.39, 0.29) is 31.4 Å². The van der Waals surface area contributed by atoms with Gasteiger partial charge in [0.2, 0.25) is 5.91 Å². The summed E-state index contributed by atoms with van der Waals surface area (Å²) in [5.74, 6) is -1.72. The predicted octanol–water partition coefficient (Wildman–Crippen LogP) is 1.64. The summed E-state index contributed by atoms with van der Waals surface area (Å²) in [6.07, 6.45) is 0.0309. The van der Waals surface area contributed by atoms with E-state index in [0.29, 0.717) is 12.2 Å². The van der Waals surface area contributed by atoms with Crippen LogP contribution in [0.4, 0.5) is 0 Å². The van der Waals surface area contributed by atoms with E-state index in [2.05, 4.69) is 10.6 Å². The summed E-state index contributed by atoms with van der Waals surface area (Å²) in [6.45, 7) is 6.05. The molecule has 0 aliphatic heterocycles. The maximum absolute atomic E-state index is 12.2. The third-order valence-electron chi connectivity index (χ3n) is 4.90. The standard InChI is InChI=1S/C17H24N2O5S/c1-4-24-12-9-17(15(22)23,16(12,2)3)19-13(20)5-7-18-14(21)11-6-8-25-10-11/h6,8,10,12H,4-5,7,9H2,1-3H3,(H,18,21)(H,19,20)(H,22,23). The Morgan fingerprint density at radius 1 is 1.40 bits per heavy atom. The lowest BCUT2D eigenvalue weighted by molar-refractivity contribution is -0.194. The first-order valence-corrected chi connectivity index (χ1v) is 9.15. The van der Waals surface area contributed by atoms with Gasteiger partial charge in [-0.25, -0.2) is 4.79 Å². The second-order valence-corrected chi connectivity index (χ2v) is 7.43. The summed E-state index contributed by atoms with van der Waals surface area (Å²) in [7, 11) is 0. The summed E-state index contributed by atoms with van der Waals surface area (Å²) in [4.78, 5) is 35.8. The van der Waals surface area contributed by atoms with Gasteiger partial charge in [0, 0.05) is 42.4 Å². The zero-order chi connectivity index (χ0) is 18.7. The Bertz CT molecular complexity index is 643. The second kappa shape index (κ2) is 7.53. The molecule has 1 aliphatic rings. The van der Waals surface area contributed by atoms with Gasteiger partial charge < -0.3 is 20.5 Å². The van der Waals surface area contributed by atoms with E-state index in [0.717, 1.165) is 0 Å². The molecule has 1 heterocycles. The van der Waals surface area contributed by atoms with Gasteiger partial charge in [-0.3, -0.25) is 9.59 Å². The Kier molecular flexibility index (Phi) is 5.84. The van der Waals surface area contributed by atoms with Crippen molar-refractivity contribution in [3.05, 3.63) is 22.4 Å². The van der Waals surface area contributed by atoms with Crippen LogP contribution in [0.5, 0.6) is 0 Å². The molecule has 25 heavy (non-hydrogen) atoms. The highest BCUT2D eigenvalue weighted by Gasteiger charge is 2.66. The first kappa shape index (κ1) is 19.4. The van der Waals surface area contributed by atoms with Crippen molar-refractivity contribution in [2.45, 2.75) is 45.3 Å². The molecular weight excluding hydrogens is 344 g/mol. The number of nitrogens with one attached hydrogen (secondary N) is 2. The van der Waals surface area contributed by atoms with Crippen LogP contribution < -0.4 is 10.6 Å². The molecule has 2 atom stereocenters. The fourth-order valence-corrected chi connectivity index (χ4v) is 3.76. The maximum atomic E-state index is 12.2. The van der Waals surface area contributed by atoms with Crippen LogP contribution >= 0.6 is 11.3 Å². The van der Waals surface area contributed by atoms with E-state index in [4.69, 9.17) is 4.74 Å². The van der Waals surface area contributed by atoms with Gasteiger partial charge in [-0.1, -0.05) is 13.8 Å². The Balaban J connectivity index is 1.89. The first-order valence-electron chi connectivity index (χ1n) is 8.21. The molecule has 0 radical (unpaired) electrons. The zero-order valence-electron chi connectivity index (χ0n) is 14.6. The van der Waals surface area contributed by atoms with Crippen molar-refractivity contribution in [3.63, 3.8) is 0 Å². The molecule has 1 saturated carbocycles. The summed E-state index contributed by atoms with van der Waals surface area (Å²) >= 11 is 1.42. The number of carboxylic acids is 1. The first-order chi connectivity index (χ1) is 11.7. The number of rotatable bonds is 8. The van der Waals surface area contributed by atoms with Gasteiger partial charge in [0.1, 0.15) is 5.54 Å². The van der Waals surface area contributed by atoms with Crippen LogP contribution in [0.15, 0.2) is 16.8 Å². The number of carboxylic acid groups (broad SMARTS) is 1. The van der Waals surface area contributed by atoms with Gasteiger partial charge in [-0.15, -0.1) is 0 Å². The Hall–Kier alpha value is -1.93. The van der Waals surface area contributed by atoms with Gasteiger partial charge in [-0.05, 0) is 18.4 Å². The number of amides is 2. The quantitative estimate of drug-likeness (QED) is 0.647. The van der Waals surface area contributed by atoms with Gasteiger partial charge in [0.25, 0.3) is 5.91 Å². The highest BCUT2D eigenvalue weighted by atomic mass is 32.1. The molecule has 1 aromatic heterocycles. The number of carbonyl (C=O) groups is 3. The topological polar surface area (TPSA) is 105 Å². The largest absolute Gasteiger partial charge is 0.479 e. The van der Waals surface area contributed by atoms with Gasteiger partial charge >= 0.3 is 5.97 Å². The van der Waals surface area contributed by atoms with E-state index in [9.17, 15) is 19.5 Å². The van der Waals surface area contributed by atoms with E-state index in [1.165, 1.54) is 11.3 Å². The number of ether oxygens (including phenoxy) is 1. The number of carbonyl (C=O) groups excluding carboxylic acids is 2. The fourth-order valence-electron chi connectivity index (χ4n) is 3.12. The molecule has 0 bridgehead atoms. The molecule has 1 aliphatic carbocycles. The third-order valence-corrected chi connectivity index (χ3v) is 5.59. The molecule has 1 aromatic rings. The summed E-state index contributed by atoms with van der Waals surface area (Å²) in [5, 5.41) is 18.5. The Morgan fingerprint density at radius 2 is 2.12 bits per heavy atom. The van der Waals surface area contributed by atoms with E-state index < -0.39 is 22.8 Å². The molecule has 0 aromatic carbocycles. The molecule has 2 unspecified atom stereocenters. The zero-order valence-corrected chi connectivity index (χ0v) is 15.4. The van der Waals surface area contributed by atoms with Gasteiger partial charge in [0.15, 0.2) is 0 Å². The number of hydrogen-bond acceptors (Lipinski definition) is 5. The fraction of sp³-hybridized carbons (Fsp3) is 0.588. The van der Waals surface area contributed by atoms with Crippen molar-refractivity contribution in [1.29, 1.82) is 0 Å². The van der Waals surface area contributed by atoms with Crippen LogP contribution in [-0.4, -0.2) is 47.7 Å². The lowest BCUT2D eigenvalue weighted by Crippen LogP contribution is -2.76. The van der Waals surface area contributed by atoms with Crippen molar-refractivity contribution in [1.82, 2.24) is 10.6 Å². The van der Waals surface area contributed by atoms with Crippen LogP contribution in [0, 0.1) is 5.41 Å². The van der Waals surface area contributed by atoms with Crippen molar-refractivity contribution in [2.75, 3.05) is 13.2 Å². The summed E-state index contributed by atoms with van der Waals surface area (Å²) in [6, 6.07) is 1.70. The van der Waals surface area contributed by atoms with Crippen LogP contribution in [0.1, 0.15) is 44.0 Å². The van der Waals surface area contributed by atoms with Crippen molar-refractivity contribution in [3.8, 4) is 0 Å². The van der Waals surface area contributed by atoms with Crippen LogP contribution in [-0.2, 0) is 14.3 Å². The molecule has 2 rings (SSSR count). The van der Waals surface area contributed by atoms with E-state index >= 15 is 0 Å². The van der Waals surface area contributed by atoms with Crippen molar-refractivity contribution >= 4 is 29.1 Å². The highest BCUT2D eigenvalue weighted by molar-refractivity contribution is 7.08. The Morgan fingerprint density at radius 3 is 2.64 bits per heavy atom. The second-order valence-electron chi connectivity index (χ2n) is 6.65. The SMILES string of the molecule is CCOC1CC(NC(=O)CCNC(=O)c2ccsc2)(C(=O)O)C1(C)C. The van der Waals surface area contributed by atoms with E-state index in [1.54, 1.807) is 30.7 Å². The molecule has 138 valence electrons. The highest BCUT2D eigenvalue weighted by Crippen LogP contribution is 2.51. The normalized spacial score (nSPS) is 24.2. The predicted molar refractivity (Wildman–Crippen MR) is 93.6 cm³/mol. The molecule has 3 N–H and O–H groups in total. The van der Waals surface area contributed by atoms with Crippen molar-refractivity contribution in [2.24, 2.45) is 5.41 Å². The van der Waals surface area contributed by atoms with Crippen LogP contribution in [0.3, 0.4) is 0 Å². The monoisotopic (exact) mass is 368 g/mol. The lowest BCUT2D eigenvalue weighted by atomic mass is 9.54. The minimum atomic E-state index is -1.35. The van der Waals surface area contributed by atoms with Crippen LogP contribution in [0.2, 0.25) is 0 Å². The third kappa shape index (κ3) is 3.69. The van der Waals surface area contributed by atoms with Crippen LogP contribution in [0.25, 0.3) is 0 Å².